The Morgan fingerprint density at radius 2 is 1.30 bits per heavy atom. The summed E-state index contributed by atoms with van der Waals surface area (Å²) in [5, 5.41) is 6.25. The number of rotatable bonds is 14. The summed E-state index contributed by atoms with van der Waals surface area (Å²) in [6, 6.07) is 37.7. The second-order valence-corrected chi connectivity index (χ2v) is 22.6. The molecular formula is C43H49N2O7PSi. The third-order valence-corrected chi connectivity index (χ3v) is 18.8. The van der Waals surface area contributed by atoms with Gasteiger partial charge in [-0.05, 0) is 41.0 Å². The maximum atomic E-state index is 15.0. The molecule has 1 aliphatic rings. The predicted octanol–water partition coefficient (Wildman–Crippen LogP) is 6.63. The SMILES string of the molecule is C=CCOC(=O)C(N1C(=O)[C@H]([C@@H](C)O[Si](C)(C)C(C)(C)C)[C@H]1OC(=O)/C(=N/OC)c1ccccc1)=P(c1ccccc1)(c1ccccc1)c1ccccc1. The molecule has 1 heterocycles. The number of carbonyl (C=O) groups excluding carboxylic acids is 3. The molecule has 282 valence electrons. The third-order valence-electron chi connectivity index (χ3n) is 10.0. The number of oxime groups is 1. The first-order chi connectivity index (χ1) is 25.8. The van der Waals surface area contributed by atoms with E-state index in [9.17, 15) is 9.59 Å². The molecular weight excluding hydrogens is 716 g/mol. The average molecular weight is 765 g/mol. The van der Waals surface area contributed by atoms with Crippen molar-refractivity contribution in [2.45, 2.75) is 58.2 Å². The van der Waals surface area contributed by atoms with E-state index in [-0.39, 0.29) is 22.8 Å². The Morgan fingerprint density at radius 3 is 1.72 bits per heavy atom. The molecule has 1 amide bonds. The lowest BCUT2D eigenvalue weighted by molar-refractivity contribution is -0.192. The summed E-state index contributed by atoms with van der Waals surface area (Å²) in [5.41, 5.74) is 0.426. The van der Waals surface area contributed by atoms with Crippen molar-refractivity contribution in [3.8, 4) is 0 Å². The minimum atomic E-state index is -3.28. The number of benzene rings is 4. The summed E-state index contributed by atoms with van der Waals surface area (Å²) in [4.78, 5) is 50.7. The van der Waals surface area contributed by atoms with Crippen LogP contribution < -0.4 is 15.9 Å². The Hall–Kier alpha value is -5.02. The molecule has 0 saturated carbocycles. The summed E-state index contributed by atoms with van der Waals surface area (Å²) in [7, 11) is -1.10. The fraction of sp³-hybridized carbons (Fsp3) is 0.279. The Balaban J connectivity index is 1.84. The standard InChI is InChI=1S/C43H49N2O7PSi/c1-9-30-50-42(48)40(53(33-24-16-11-17-25-33,34-26-18-12-19-27-34)35-28-20-13-21-29-35)45-38(46)36(31(2)52-54(7,8)43(3,4)5)39(45)51-41(47)37(44-49-6)32-22-14-10-15-23-32/h9-29,31,36,39H,1,30H2,2-8H3/b44-37+/t31-,36+,39-/m1/s1. The number of esters is 2. The third kappa shape index (κ3) is 7.92. The molecule has 3 atom stereocenters. The zero-order valence-electron chi connectivity index (χ0n) is 32.0. The quantitative estimate of drug-likeness (QED) is 0.0270. The van der Waals surface area contributed by atoms with Gasteiger partial charge in [0.25, 0.3) is 0 Å². The highest BCUT2D eigenvalue weighted by atomic mass is 31.2. The van der Waals surface area contributed by atoms with E-state index in [2.05, 4.69) is 45.6 Å². The van der Waals surface area contributed by atoms with Gasteiger partial charge >= 0.3 is 11.9 Å². The lowest BCUT2D eigenvalue weighted by Gasteiger charge is -2.51. The molecule has 1 saturated heterocycles. The number of β-lactam (4-membered cyclic amide) rings is 1. The highest BCUT2D eigenvalue weighted by molar-refractivity contribution is 7.96. The molecule has 4 aromatic rings. The Morgan fingerprint density at radius 1 is 0.833 bits per heavy atom. The van der Waals surface area contributed by atoms with Gasteiger partial charge in [0.05, 0.1) is 6.10 Å². The fourth-order valence-corrected chi connectivity index (χ4v) is 12.2. The maximum absolute atomic E-state index is 15.0. The van der Waals surface area contributed by atoms with Crippen LogP contribution in [0.25, 0.3) is 0 Å². The topological polar surface area (TPSA) is 104 Å². The number of ether oxygens (including phenoxy) is 2. The van der Waals surface area contributed by atoms with Gasteiger partial charge in [0.15, 0.2) is 20.3 Å². The van der Waals surface area contributed by atoms with Gasteiger partial charge < -0.3 is 18.7 Å². The number of likely N-dealkylation sites (tertiary alicyclic amines) is 1. The van der Waals surface area contributed by atoms with Crippen LogP contribution >= 0.6 is 6.89 Å². The van der Waals surface area contributed by atoms with Crippen molar-refractivity contribution < 1.29 is 33.1 Å². The summed E-state index contributed by atoms with van der Waals surface area (Å²) in [6.07, 6.45) is -0.489. The lowest BCUT2D eigenvalue weighted by Crippen LogP contribution is -2.70. The van der Waals surface area contributed by atoms with Gasteiger partial charge in [-0.25, -0.2) is 9.59 Å². The number of hydrogen-bond donors (Lipinski definition) is 0. The zero-order valence-corrected chi connectivity index (χ0v) is 33.9. The smallest absolute Gasteiger partial charge is 0.362 e. The Bertz CT molecular complexity index is 1930. The highest BCUT2D eigenvalue weighted by Gasteiger charge is 2.59. The molecule has 0 aromatic heterocycles. The van der Waals surface area contributed by atoms with Crippen molar-refractivity contribution in [2.24, 2.45) is 11.1 Å². The van der Waals surface area contributed by atoms with E-state index < -0.39 is 51.3 Å². The molecule has 0 radical (unpaired) electrons. The highest BCUT2D eigenvalue weighted by Crippen LogP contribution is 2.50. The van der Waals surface area contributed by atoms with Crippen molar-refractivity contribution in [3.05, 3.63) is 140 Å². The molecule has 1 fully saturated rings. The molecule has 11 heteroatoms. The largest absolute Gasteiger partial charge is 0.457 e. The summed E-state index contributed by atoms with van der Waals surface area (Å²) < 4.78 is 19.1. The minimum absolute atomic E-state index is 0.0662. The minimum Gasteiger partial charge on any atom is -0.457 e. The van der Waals surface area contributed by atoms with Crippen molar-refractivity contribution >= 4 is 60.1 Å². The number of hydrogen-bond acceptors (Lipinski definition) is 8. The molecule has 4 aromatic carbocycles. The van der Waals surface area contributed by atoms with Gasteiger partial charge in [-0.1, -0.05) is 160 Å². The molecule has 0 N–H and O–H groups in total. The van der Waals surface area contributed by atoms with Crippen molar-refractivity contribution in [2.75, 3.05) is 13.7 Å². The van der Waals surface area contributed by atoms with E-state index >= 15 is 4.79 Å². The van der Waals surface area contributed by atoms with Crippen LogP contribution in [0.4, 0.5) is 0 Å². The van der Waals surface area contributed by atoms with Crippen LogP contribution in [0.3, 0.4) is 0 Å². The van der Waals surface area contributed by atoms with E-state index in [0.29, 0.717) is 5.56 Å². The molecule has 0 bridgehead atoms. The first-order valence-corrected chi connectivity index (χ1v) is 22.6. The van der Waals surface area contributed by atoms with Crippen LogP contribution in [-0.2, 0) is 33.1 Å². The predicted molar refractivity (Wildman–Crippen MR) is 219 cm³/mol. The molecule has 1 aliphatic heterocycles. The van der Waals surface area contributed by atoms with E-state index in [4.69, 9.17) is 18.7 Å². The maximum Gasteiger partial charge on any atom is 0.362 e. The van der Waals surface area contributed by atoms with Crippen LogP contribution in [0.1, 0.15) is 33.3 Å². The van der Waals surface area contributed by atoms with Gasteiger partial charge in [0, 0.05) is 12.4 Å². The summed E-state index contributed by atoms with van der Waals surface area (Å²) in [5.74, 6) is -2.97. The van der Waals surface area contributed by atoms with E-state index in [0.717, 1.165) is 15.9 Å². The summed E-state index contributed by atoms with van der Waals surface area (Å²) in [6.45, 7) is 12.8. The first kappa shape index (κ1) is 40.2. The monoisotopic (exact) mass is 764 g/mol. The molecule has 54 heavy (non-hydrogen) atoms. The van der Waals surface area contributed by atoms with Crippen molar-refractivity contribution in [1.82, 2.24) is 4.90 Å². The van der Waals surface area contributed by atoms with Gasteiger partial charge in [-0.3, -0.25) is 9.69 Å². The van der Waals surface area contributed by atoms with Crippen LogP contribution in [0.2, 0.25) is 18.1 Å². The van der Waals surface area contributed by atoms with Crippen molar-refractivity contribution in [1.29, 1.82) is 0 Å². The normalized spacial score (nSPS) is 16.8. The molecule has 0 aliphatic carbocycles. The van der Waals surface area contributed by atoms with Gasteiger partial charge in [-0.15, -0.1) is 0 Å². The molecule has 0 unspecified atom stereocenters. The van der Waals surface area contributed by atoms with Gasteiger partial charge in [0.2, 0.25) is 5.91 Å². The zero-order chi connectivity index (χ0) is 39.1. The van der Waals surface area contributed by atoms with Crippen molar-refractivity contribution in [3.63, 3.8) is 0 Å². The average Bonchev–Trinajstić information content (AvgIpc) is 3.16. The molecule has 9 nitrogen and oxygen atoms in total. The van der Waals surface area contributed by atoms with Crippen LogP contribution in [0.15, 0.2) is 139 Å². The second-order valence-electron chi connectivity index (χ2n) is 14.5. The fourth-order valence-electron chi connectivity index (χ4n) is 6.41. The summed E-state index contributed by atoms with van der Waals surface area (Å²) >= 11 is 0. The molecule has 0 spiro atoms. The second kappa shape index (κ2) is 17.0. The van der Waals surface area contributed by atoms with E-state index in [1.165, 1.54) is 18.1 Å². The van der Waals surface area contributed by atoms with Crippen LogP contribution in [0.5, 0.6) is 0 Å². The number of nitrogens with zero attached hydrogens (tertiary/aromatic N) is 2. The van der Waals surface area contributed by atoms with Gasteiger partial charge in [0.1, 0.15) is 25.1 Å². The van der Waals surface area contributed by atoms with Crippen LogP contribution in [-0.4, -0.2) is 68.2 Å². The Kier molecular flexibility index (Phi) is 12.6. The van der Waals surface area contributed by atoms with E-state index in [1.54, 1.807) is 24.3 Å². The van der Waals surface area contributed by atoms with Crippen LogP contribution in [0, 0.1) is 5.92 Å². The number of carbonyl (C=O) groups is 3. The van der Waals surface area contributed by atoms with Gasteiger partial charge in [-0.2, -0.15) is 0 Å². The molecule has 5 rings (SSSR count). The number of amides is 1. The lowest BCUT2D eigenvalue weighted by atomic mass is 9.90. The first-order valence-electron chi connectivity index (χ1n) is 17.9. The Labute approximate surface area is 319 Å². The van der Waals surface area contributed by atoms with E-state index in [1.807, 2.05) is 104 Å².